The Bertz CT molecular complexity index is 638. The van der Waals surface area contributed by atoms with Crippen molar-refractivity contribution < 1.29 is 5.11 Å². The molecule has 0 radical (unpaired) electrons. The molecule has 1 aromatic heterocycles. The Balaban J connectivity index is 2.44. The number of fused-ring (bicyclic) bond motifs is 2. The Morgan fingerprint density at radius 1 is 1.16 bits per heavy atom. The van der Waals surface area contributed by atoms with E-state index in [1.807, 2.05) is 13.8 Å². The highest BCUT2D eigenvalue weighted by atomic mass is 16.3. The maximum atomic E-state index is 10.6. The second kappa shape index (κ2) is 4.31. The number of hydrogen-bond donors (Lipinski definition) is 1. The lowest BCUT2D eigenvalue weighted by Crippen LogP contribution is -2.22. The Labute approximate surface area is 114 Å². The molecule has 1 heterocycles. The molecule has 1 N–H and O–H groups in total. The van der Waals surface area contributed by atoms with Gasteiger partial charge in [-0.25, -0.2) is 0 Å². The molecular weight excluding hydrogens is 234 g/mol. The molecule has 1 aliphatic carbocycles. The van der Waals surface area contributed by atoms with Gasteiger partial charge in [0, 0.05) is 11.1 Å². The SMILES string of the molecule is Cc1cccc2c(C(C)(C)O)c3c(nc12)CCCC3. The minimum absolute atomic E-state index is 0.809. The smallest absolute Gasteiger partial charge is 0.0850 e. The van der Waals surface area contributed by atoms with Crippen molar-refractivity contribution in [3.8, 4) is 0 Å². The summed E-state index contributed by atoms with van der Waals surface area (Å²) in [6.07, 6.45) is 4.51. The molecule has 0 spiro atoms. The van der Waals surface area contributed by atoms with Crippen molar-refractivity contribution in [3.05, 3.63) is 40.6 Å². The molecule has 2 aromatic rings. The van der Waals surface area contributed by atoms with Crippen molar-refractivity contribution in [2.45, 2.75) is 52.1 Å². The van der Waals surface area contributed by atoms with Crippen molar-refractivity contribution in [2.75, 3.05) is 0 Å². The molecule has 0 fully saturated rings. The first-order valence-electron chi connectivity index (χ1n) is 7.12. The van der Waals surface area contributed by atoms with E-state index in [1.54, 1.807) is 0 Å². The van der Waals surface area contributed by atoms with Crippen LogP contribution in [0, 0.1) is 6.92 Å². The van der Waals surface area contributed by atoms with Gasteiger partial charge in [0.25, 0.3) is 0 Å². The van der Waals surface area contributed by atoms with Crippen LogP contribution in [0.2, 0.25) is 0 Å². The van der Waals surface area contributed by atoms with Crippen LogP contribution in [0.3, 0.4) is 0 Å². The number of benzene rings is 1. The molecule has 1 aliphatic rings. The molecule has 2 heteroatoms. The number of nitrogens with zero attached hydrogens (tertiary/aromatic N) is 1. The molecule has 100 valence electrons. The zero-order chi connectivity index (χ0) is 13.6. The molecule has 0 bridgehead atoms. The predicted molar refractivity (Wildman–Crippen MR) is 78.4 cm³/mol. The normalized spacial score (nSPS) is 15.6. The third-order valence-electron chi connectivity index (χ3n) is 4.11. The fourth-order valence-corrected chi connectivity index (χ4v) is 3.29. The standard InChI is InChI=1S/C17H21NO/c1-11-7-6-9-13-15(17(2,3)19)12-8-4-5-10-14(12)18-16(11)13/h6-7,9,19H,4-5,8,10H2,1-3H3. The van der Waals surface area contributed by atoms with E-state index in [9.17, 15) is 5.11 Å². The summed E-state index contributed by atoms with van der Waals surface area (Å²) in [6, 6.07) is 6.25. The summed E-state index contributed by atoms with van der Waals surface area (Å²) in [4.78, 5) is 4.88. The maximum Gasteiger partial charge on any atom is 0.0850 e. The number of aromatic nitrogens is 1. The van der Waals surface area contributed by atoms with Gasteiger partial charge in [-0.05, 0) is 63.1 Å². The fourth-order valence-electron chi connectivity index (χ4n) is 3.29. The summed E-state index contributed by atoms with van der Waals surface area (Å²) in [5.41, 5.74) is 5.02. The molecule has 0 unspecified atom stereocenters. The molecule has 0 saturated carbocycles. The lowest BCUT2D eigenvalue weighted by molar-refractivity contribution is 0.0789. The quantitative estimate of drug-likeness (QED) is 0.843. The van der Waals surface area contributed by atoms with E-state index in [0.29, 0.717) is 0 Å². The largest absolute Gasteiger partial charge is 0.386 e. The molecule has 2 nitrogen and oxygen atoms in total. The van der Waals surface area contributed by atoms with Crippen molar-refractivity contribution in [3.63, 3.8) is 0 Å². The van der Waals surface area contributed by atoms with Gasteiger partial charge in [-0.2, -0.15) is 0 Å². The van der Waals surface area contributed by atoms with Gasteiger partial charge in [-0.15, -0.1) is 0 Å². The van der Waals surface area contributed by atoms with Crippen LogP contribution in [0.4, 0.5) is 0 Å². The van der Waals surface area contributed by atoms with Gasteiger partial charge in [0.1, 0.15) is 0 Å². The zero-order valence-corrected chi connectivity index (χ0v) is 12.0. The highest BCUT2D eigenvalue weighted by molar-refractivity contribution is 5.87. The van der Waals surface area contributed by atoms with Crippen LogP contribution in [0.5, 0.6) is 0 Å². The van der Waals surface area contributed by atoms with E-state index < -0.39 is 5.60 Å². The van der Waals surface area contributed by atoms with Crippen LogP contribution < -0.4 is 0 Å². The van der Waals surface area contributed by atoms with Gasteiger partial charge in [0.2, 0.25) is 0 Å². The molecule has 0 saturated heterocycles. The fraction of sp³-hybridized carbons (Fsp3) is 0.471. The monoisotopic (exact) mass is 255 g/mol. The van der Waals surface area contributed by atoms with Gasteiger partial charge >= 0.3 is 0 Å². The van der Waals surface area contributed by atoms with Crippen LogP contribution in [-0.4, -0.2) is 10.1 Å². The number of aryl methyl sites for hydroxylation is 2. The molecule has 1 aromatic carbocycles. The third kappa shape index (κ3) is 2.04. The molecule has 0 atom stereocenters. The number of hydrogen-bond acceptors (Lipinski definition) is 2. The highest BCUT2D eigenvalue weighted by Crippen LogP contribution is 2.36. The average molecular weight is 255 g/mol. The van der Waals surface area contributed by atoms with Crippen molar-refractivity contribution in [1.82, 2.24) is 4.98 Å². The zero-order valence-electron chi connectivity index (χ0n) is 12.0. The van der Waals surface area contributed by atoms with Gasteiger partial charge in [-0.1, -0.05) is 18.2 Å². The molecular formula is C17H21NO. The Hall–Kier alpha value is -1.41. The summed E-state index contributed by atoms with van der Waals surface area (Å²) in [5, 5.41) is 11.7. The molecule has 0 aliphatic heterocycles. The Morgan fingerprint density at radius 2 is 1.89 bits per heavy atom. The van der Waals surface area contributed by atoms with Gasteiger partial charge < -0.3 is 5.11 Å². The summed E-state index contributed by atoms with van der Waals surface area (Å²) < 4.78 is 0. The van der Waals surface area contributed by atoms with E-state index in [4.69, 9.17) is 4.98 Å². The summed E-state index contributed by atoms with van der Waals surface area (Å²) in [7, 11) is 0. The first-order chi connectivity index (χ1) is 8.98. The predicted octanol–water partition coefficient (Wildman–Crippen LogP) is 3.65. The van der Waals surface area contributed by atoms with Crippen LogP contribution in [-0.2, 0) is 18.4 Å². The van der Waals surface area contributed by atoms with Gasteiger partial charge in [0.05, 0.1) is 11.1 Å². The van der Waals surface area contributed by atoms with E-state index in [-0.39, 0.29) is 0 Å². The van der Waals surface area contributed by atoms with E-state index >= 15 is 0 Å². The van der Waals surface area contributed by atoms with Crippen LogP contribution >= 0.6 is 0 Å². The summed E-state index contributed by atoms with van der Waals surface area (Å²) in [5.74, 6) is 0. The van der Waals surface area contributed by atoms with E-state index in [2.05, 4.69) is 25.1 Å². The van der Waals surface area contributed by atoms with Crippen LogP contribution in [0.15, 0.2) is 18.2 Å². The molecule has 3 rings (SSSR count). The minimum atomic E-state index is -0.809. The number of aliphatic hydroxyl groups is 1. The van der Waals surface area contributed by atoms with Gasteiger partial charge in [0.15, 0.2) is 0 Å². The molecule has 19 heavy (non-hydrogen) atoms. The van der Waals surface area contributed by atoms with Crippen molar-refractivity contribution in [1.29, 1.82) is 0 Å². The Kier molecular flexibility index (Phi) is 2.86. The maximum absolute atomic E-state index is 10.6. The van der Waals surface area contributed by atoms with Crippen LogP contribution in [0.25, 0.3) is 10.9 Å². The minimum Gasteiger partial charge on any atom is -0.386 e. The molecule has 0 amide bonds. The number of para-hydroxylation sites is 1. The lowest BCUT2D eigenvalue weighted by atomic mass is 9.83. The topological polar surface area (TPSA) is 33.1 Å². The first kappa shape index (κ1) is 12.6. The second-order valence-electron chi connectivity index (χ2n) is 6.15. The van der Waals surface area contributed by atoms with Crippen LogP contribution in [0.1, 0.15) is 49.1 Å². The highest BCUT2D eigenvalue weighted by Gasteiger charge is 2.27. The number of rotatable bonds is 1. The lowest BCUT2D eigenvalue weighted by Gasteiger charge is -2.28. The summed E-state index contributed by atoms with van der Waals surface area (Å²) in [6.45, 7) is 5.87. The van der Waals surface area contributed by atoms with E-state index in [0.717, 1.165) is 29.3 Å². The van der Waals surface area contributed by atoms with Crippen molar-refractivity contribution in [2.24, 2.45) is 0 Å². The van der Waals surface area contributed by atoms with Gasteiger partial charge in [-0.3, -0.25) is 4.98 Å². The third-order valence-corrected chi connectivity index (χ3v) is 4.11. The van der Waals surface area contributed by atoms with Crippen molar-refractivity contribution >= 4 is 10.9 Å². The number of pyridine rings is 1. The van der Waals surface area contributed by atoms with E-state index in [1.165, 1.54) is 29.7 Å². The Morgan fingerprint density at radius 3 is 2.63 bits per heavy atom. The average Bonchev–Trinajstić information content (AvgIpc) is 2.35. The summed E-state index contributed by atoms with van der Waals surface area (Å²) >= 11 is 0. The second-order valence-corrected chi connectivity index (χ2v) is 6.15. The first-order valence-corrected chi connectivity index (χ1v) is 7.12.